The second-order valence-corrected chi connectivity index (χ2v) is 11.0. The molecular formula is C20H28FN3O5S2. The first-order valence-corrected chi connectivity index (χ1v) is 13.1. The minimum Gasteiger partial charge on any atom is -0.379 e. The molecule has 172 valence electrons. The molecule has 1 atom stereocenters. The summed E-state index contributed by atoms with van der Waals surface area (Å²) in [5, 5.41) is 2.87. The highest BCUT2D eigenvalue weighted by molar-refractivity contribution is 7.99. The Kier molecular flexibility index (Phi) is 7.19. The third-order valence-electron chi connectivity index (χ3n) is 6.13. The lowest BCUT2D eigenvalue weighted by atomic mass is 9.95. The first-order valence-electron chi connectivity index (χ1n) is 10.5. The molecule has 0 aromatic heterocycles. The van der Waals surface area contributed by atoms with E-state index in [4.69, 9.17) is 9.47 Å². The van der Waals surface area contributed by atoms with Gasteiger partial charge >= 0.3 is 0 Å². The molecule has 1 unspecified atom stereocenters. The predicted molar refractivity (Wildman–Crippen MR) is 115 cm³/mol. The number of thioether (sulfide) groups is 1. The molecule has 1 N–H and O–H groups in total. The predicted octanol–water partition coefficient (Wildman–Crippen LogP) is 0.784. The summed E-state index contributed by atoms with van der Waals surface area (Å²) in [4.78, 5) is 15.1. The van der Waals surface area contributed by atoms with Crippen LogP contribution in [0.3, 0.4) is 0 Å². The van der Waals surface area contributed by atoms with Gasteiger partial charge in [-0.3, -0.25) is 9.69 Å². The molecule has 0 bridgehead atoms. The van der Waals surface area contributed by atoms with Crippen LogP contribution >= 0.6 is 11.8 Å². The van der Waals surface area contributed by atoms with E-state index in [9.17, 15) is 17.6 Å². The lowest BCUT2D eigenvalue weighted by Gasteiger charge is -2.43. The minimum atomic E-state index is -3.81. The average Bonchev–Trinajstić information content (AvgIpc) is 3.29. The molecule has 0 radical (unpaired) electrons. The molecule has 0 saturated carbocycles. The minimum absolute atomic E-state index is 0.0831. The fourth-order valence-electron chi connectivity index (χ4n) is 4.25. The van der Waals surface area contributed by atoms with Crippen LogP contribution in [0.25, 0.3) is 0 Å². The second-order valence-electron chi connectivity index (χ2n) is 7.97. The van der Waals surface area contributed by atoms with Gasteiger partial charge in [-0.25, -0.2) is 12.8 Å². The molecule has 1 aromatic rings. The van der Waals surface area contributed by atoms with Gasteiger partial charge in [0, 0.05) is 44.0 Å². The summed E-state index contributed by atoms with van der Waals surface area (Å²) in [7, 11) is -3.81. The lowest BCUT2D eigenvalue weighted by Crippen LogP contribution is -2.59. The maximum atomic E-state index is 14.5. The molecule has 3 saturated heterocycles. The Labute approximate surface area is 186 Å². The Morgan fingerprint density at radius 2 is 1.81 bits per heavy atom. The van der Waals surface area contributed by atoms with E-state index in [-0.39, 0.29) is 29.1 Å². The number of hydrogen-bond donors (Lipinski definition) is 1. The zero-order valence-electron chi connectivity index (χ0n) is 17.3. The van der Waals surface area contributed by atoms with Gasteiger partial charge in [0.2, 0.25) is 10.0 Å². The van der Waals surface area contributed by atoms with Crippen molar-refractivity contribution < 1.29 is 27.1 Å². The number of nitrogens with zero attached hydrogens (tertiary/aromatic N) is 2. The van der Waals surface area contributed by atoms with Crippen molar-refractivity contribution in [1.29, 1.82) is 0 Å². The highest BCUT2D eigenvalue weighted by atomic mass is 32.2. The van der Waals surface area contributed by atoms with Crippen molar-refractivity contribution in [3.8, 4) is 0 Å². The number of benzene rings is 1. The molecule has 31 heavy (non-hydrogen) atoms. The van der Waals surface area contributed by atoms with Gasteiger partial charge in [0.25, 0.3) is 5.91 Å². The van der Waals surface area contributed by atoms with Crippen molar-refractivity contribution in [2.75, 3.05) is 70.7 Å². The van der Waals surface area contributed by atoms with Gasteiger partial charge in [-0.2, -0.15) is 16.1 Å². The Hall–Kier alpha value is -1.24. The molecule has 4 rings (SSSR count). The Balaban J connectivity index is 1.49. The molecule has 3 aliphatic rings. The summed E-state index contributed by atoms with van der Waals surface area (Å²) in [6.07, 6.45) is 0.936. The maximum absolute atomic E-state index is 14.5. The number of morpholine rings is 2. The Morgan fingerprint density at radius 3 is 2.45 bits per heavy atom. The third-order valence-corrected chi connectivity index (χ3v) is 9.26. The van der Waals surface area contributed by atoms with Gasteiger partial charge in [0.05, 0.1) is 36.9 Å². The van der Waals surface area contributed by atoms with E-state index in [0.29, 0.717) is 33.0 Å². The quantitative estimate of drug-likeness (QED) is 0.653. The number of rotatable bonds is 6. The van der Waals surface area contributed by atoms with Crippen molar-refractivity contribution in [3.05, 3.63) is 29.6 Å². The van der Waals surface area contributed by atoms with Gasteiger partial charge in [0.15, 0.2) is 0 Å². The number of halogens is 1. The third kappa shape index (κ3) is 4.91. The topological polar surface area (TPSA) is 88.2 Å². The van der Waals surface area contributed by atoms with Crippen LogP contribution in [0.1, 0.15) is 16.8 Å². The fourth-order valence-corrected chi connectivity index (χ4v) is 7.16. The number of ether oxygens (including phenoxy) is 2. The largest absolute Gasteiger partial charge is 0.379 e. The zero-order valence-corrected chi connectivity index (χ0v) is 19.0. The van der Waals surface area contributed by atoms with Gasteiger partial charge in [-0.05, 0) is 30.4 Å². The van der Waals surface area contributed by atoms with Gasteiger partial charge in [0.1, 0.15) is 5.82 Å². The zero-order chi connectivity index (χ0) is 21.9. The number of nitrogens with one attached hydrogen (secondary N) is 1. The molecule has 1 amide bonds. The highest BCUT2D eigenvalue weighted by Gasteiger charge is 2.41. The van der Waals surface area contributed by atoms with Crippen LogP contribution in [0.5, 0.6) is 0 Å². The molecule has 0 aliphatic carbocycles. The molecule has 3 fully saturated rings. The van der Waals surface area contributed by atoms with Crippen molar-refractivity contribution in [3.63, 3.8) is 0 Å². The first kappa shape index (κ1) is 22.9. The van der Waals surface area contributed by atoms with E-state index in [2.05, 4.69) is 10.2 Å². The van der Waals surface area contributed by atoms with Crippen molar-refractivity contribution in [2.45, 2.75) is 16.9 Å². The molecule has 8 nitrogen and oxygen atoms in total. The van der Waals surface area contributed by atoms with Crippen molar-refractivity contribution in [2.24, 2.45) is 0 Å². The molecule has 3 heterocycles. The molecule has 0 spiro atoms. The van der Waals surface area contributed by atoms with E-state index in [1.165, 1.54) is 10.4 Å². The van der Waals surface area contributed by atoms with Crippen LogP contribution in [0.4, 0.5) is 4.39 Å². The summed E-state index contributed by atoms with van der Waals surface area (Å²) in [6.45, 7) is 4.43. The van der Waals surface area contributed by atoms with Gasteiger partial charge < -0.3 is 14.8 Å². The SMILES string of the molecule is O=C(NCC1(N2CCOCC2)CCSC1)c1cc(S(=O)(=O)N2CCOCC2)ccc1F. The number of carbonyl (C=O) groups is 1. The second kappa shape index (κ2) is 9.72. The monoisotopic (exact) mass is 473 g/mol. The number of amides is 1. The molecule has 3 aliphatic heterocycles. The van der Waals surface area contributed by atoms with Crippen molar-refractivity contribution in [1.82, 2.24) is 14.5 Å². The van der Waals surface area contributed by atoms with Crippen LogP contribution in [0.15, 0.2) is 23.1 Å². The molecular weight excluding hydrogens is 445 g/mol. The van der Waals surface area contributed by atoms with E-state index in [0.717, 1.165) is 43.1 Å². The van der Waals surface area contributed by atoms with Gasteiger partial charge in [-0.15, -0.1) is 0 Å². The lowest BCUT2D eigenvalue weighted by molar-refractivity contribution is -0.0129. The first-order chi connectivity index (χ1) is 14.9. The standard InChI is InChI=1S/C20H28FN3O5S2/c21-18-2-1-16(31(26,27)24-6-10-29-11-7-24)13-17(18)19(25)22-14-20(3-12-30-15-20)23-4-8-28-9-5-23/h1-2,13H,3-12,14-15H2,(H,22,25). The summed E-state index contributed by atoms with van der Waals surface area (Å²) < 4.78 is 52.2. The fraction of sp³-hybridized carbons (Fsp3) is 0.650. The van der Waals surface area contributed by atoms with Crippen LogP contribution < -0.4 is 5.32 Å². The molecule has 11 heteroatoms. The van der Waals surface area contributed by atoms with Crippen LogP contribution in [-0.2, 0) is 19.5 Å². The smallest absolute Gasteiger partial charge is 0.254 e. The van der Waals surface area contributed by atoms with Crippen molar-refractivity contribution >= 4 is 27.7 Å². The maximum Gasteiger partial charge on any atom is 0.254 e. The Morgan fingerprint density at radius 1 is 1.13 bits per heavy atom. The van der Waals surface area contributed by atoms with E-state index >= 15 is 0 Å². The van der Waals surface area contributed by atoms with E-state index in [1.807, 2.05) is 11.8 Å². The number of hydrogen-bond acceptors (Lipinski definition) is 7. The summed E-state index contributed by atoms with van der Waals surface area (Å²) in [5.41, 5.74) is -0.435. The average molecular weight is 474 g/mol. The van der Waals surface area contributed by atoms with Crippen LogP contribution in [-0.4, -0.2) is 99.7 Å². The van der Waals surface area contributed by atoms with E-state index < -0.39 is 21.7 Å². The normalized spacial score (nSPS) is 26.1. The number of sulfonamides is 1. The summed E-state index contributed by atoms with van der Waals surface area (Å²) in [6, 6.07) is 3.39. The Bertz CT molecular complexity index is 896. The van der Waals surface area contributed by atoms with Gasteiger partial charge in [-0.1, -0.05) is 0 Å². The summed E-state index contributed by atoms with van der Waals surface area (Å²) in [5.74, 6) is 0.566. The molecule has 1 aromatic carbocycles. The van der Waals surface area contributed by atoms with E-state index in [1.54, 1.807) is 0 Å². The van der Waals surface area contributed by atoms with Crippen LogP contribution in [0, 0.1) is 5.82 Å². The summed E-state index contributed by atoms with van der Waals surface area (Å²) >= 11 is 1.84. The number of carbonyl (C=O) groups excluding carboxylic acids is 1. The highest BCUT2D eigenvalue weighted by Crippen LogP contribution is 2.33. The van der Waals surface area contributed by atoms with Crippen LogP contribution in [0.2, 0.25) is 0 Å².